The summed E-state index contributed by atoms with van der Waals surface area (Å²) in [7, 11) is 0.880. The third kappa shape index (κ3) is 7.71. The normalized spacial score (nSPS) is 15.3. The molecule has 5 rings (SSSR count). The van der Waals surface area contributed by atoms with Gasteiger partial charge in [-0.05, 0) is 61.0 Å². The molecule has 1 aliphatic heterocycles. The number of carbonyl (C=O) groups excluding carboxylic acids is 2. The van der Waals surface area contributed by atoms with Crippen molar-refractivity contribution in [3.8, 4) is 22.8 Å². The molecular formula is C29H21F7N6O4S. The van der Waals surface area contributed by atoms with E-state index in [0.717, 1.165) is 42.0 Å². The minimum absolute atomic E-state index is 0.0522. The Kier molecular flexibility index (Phi) is 9.26. The van der Waals surface area contributed by atoms with Crippen molar-refractivity contribution in [1.29, 1.82) is 0 Å². The van der Waals surface area contributed by atoms with Crippen LogP contribution in [0.25, 0.3) is 17.1 Å². The fraction of sp³-hybridized carbons (Fsp3) is 0.207. The summed E-state index contributed by atoms with van der Waals surface area (Å²) in [5, 5.41) is 6.22. The number of hydrogen-bond acceptors (Lipinski definition) is 7. The SMILES string of the molecule is COC(c1ccc(C)cc1N1C(=O)CSC1=NC(=O)Nc1ccc(-c2ncn(-c3ccc(OC(F)(F)F)cc3)n2)cc1F)C(F)(F)F. The Labute approximate surface area is 265 Å². The number of ether oxygens (including phenoxy) is 2. The Balaban J connectivity index is 1.33. The molecule has 1 fully saturated rings. The number of aryl methyl sites for hydroxylation is 1. The molecule has 10 nitrogen and oxygen atoms in total. The van der Waals surface area contributed by atoms with Crippen LogP contribution in [0.4, 0.5) is 46.9 Å². The van der Waals surface area contributed by atoms with Crippen LogP contribution in [0.2, 0.25) is 0 Å². The lowest BCUT2D eigenvalue weighted by molar-refractivity contribution is -0.274. The summed E-state index contributed by atoms with van der Waals surface area (Å²) in [5.74, 6) is -2.13. The summed E-state index contributed by atoms with van der Waals surface area (Å²) >= 11 is 0.815. The molecule has 1 unspecified atom stereocenters. The van der Waals surface area contributed by atoms with Gasteiger partial charge in [-0.2, -0.15) is 18.2 Å². The topological polar surface area (TPSA) is 111 Å². The molecule has 3 amide bonds. The van der Waals surface area contributed by atoms with Crippen LogP contribution in [0.15, 0.2) is 72.0 Å². The molecule has 1 atom stereocenters. The van der Waals surface area contributed by atoms with Crippen LogP contribution >= 0.6 is 11.8 Å². The van der Waals surface area contributed by atoms with Crippen LogP contribution in [-0.2, 0) is 9.53 Å². The quantitative estimate of drug-likeness (QED) is 0.205. The summed E-state index contributed by atoms with van der Waals surface area (Å²) in [4.78, 5) is 34.4. The highest BCUT2D eigenvalue weighted by Crippen LogP contribution is 2.42. The lowest BCUT2D eigenvalue weighted by Crippen LogP contribution is -2.33. The number of benzene rings is 3. The highest BCUT2D eigenvalue weighted by atomic mass is 32.2. The minimum atomic E-state index is -4.85. The van der Waals surface area contributed by atoms with Crippen molar-refractivity contribution in [3.63, 3.8) is 0 Å². The number of urea groups is 1. The molecule has 0 bridgehead atoms. The standard InChI is InChI=1S/C29H21F7N6O4S/c1-15-3-9-19(24(45-2)28(31,32)33)22(11-15)42-23(43)13-47-27(42)39-26(44)38-21-10-4-16(12-20(21)30)25-37-14-41(40-25)17-5-7-18(8-6-17)46-29(34,35)36/h3-12,14,24H,13H2,1-2H3,(H,38,44). The zero-order chi connectivity index (χ0) is 34.1. The van der Waals surface area contributed by atoms with Gasteiger partial charge in [-0.3, -0.25) is 9.69 Å². The van der Waals surface area contributed by atoms with Crippen molar-refractivity contribution in [2.24, 2.45) is 4.99 Å². The Hall–Kier alpha value is -4.97. The van der Waals surface area contributed by atoms with Crippen LogP contribution in [0.1, 0.15) is 17.2 Å². The van der Waals surface area contributed by atoms with Crippen molar-refractivity contribution in [2.45, 2.75) is 25.6 Å². The van der Waals surface area contributed by atoms with E-state index in [2.05, 4.69) is 29.9 Å². The first-order valence-corrected chi connectivity index (χ1v) is 14.2. The molecule has 0 spiro atoms. The molecule has 18 heteroatoms. The van der Waals surface area contributed by atoms with Crippen LogP contribution in [-0.4, -0.2) is 57.3 Å². The molecule has 4 aromatic rings. The first kappa shape index (κ1) is 33.4. The number of anilines is 2. The van der Waals surface area contributed by atoms with Crippen LogP contribution in [0.3, 0.4) is 0 Å². The lowest BCUT2D eigenvalue weighted by Gasteiger charge is -2.26. The molecule has 3 aromatic carbocycles. The molecule has 47 heavy (non-hydrogen) atoms. The molecular weight excluding hydrogens is 661 g/mol. The largest absolute Gasteiger partial charge is 0.573 e. The van der Waals surface area contributed by atoms with Gasteiger partial charge >= 0.3 is 18.6 Å². The van der Waals surface area contributed by atoms with E-state index in [1.165, 1.54) is 53.5 Å². The number of nitrogens with zero attached hydrogens (tertiary/aromatic N) is 5. The minimum Gasteiger partial charge on any atom is -0.406 e. The average molecular weight is 683 g/mol. The maximum atomic E-state index is 15.0. The first-order chi connectivity index (χ1) is 22.1. The van der Waals surface area contributed by atoms with Gasteiger partial charge < -0.3 is 14.8 Å². The Morgan fingerprint density at radius 3 is 2.40 bits per heavy atom. The van der Waals surface area contributed by atoms with Gasteiger partial charge in [0.15, 0.2) is 17.1 Å². The zero-order valence-electron chi connectivity index (χ0n) is 24.1. The Morgan fingerprint density at radius 2 is 1.77 bits per heavy atom. The van der Waals surface area contributed by atoms with E-state index in [0.29, 0.717) is 11.3 Å². The third-order valence-electron chi connectivity index (χ3n) is 6.50. The van der Waals surface area contributed by atoms with Crippen molar-refractivity contribution in [3.05, 3.63) is 83.9 Å². The number of carbonyl (C=O) groups is 2. The van der Waals surface area contributed by atoms with Gasteiger partial charge in [-0.1, -0.05) is 23.9 Å². The number of alkyl halides is 6. The number of methoxy groups -OCH3 is 1. The second kappa shape index (κ2) is 13.0. The van der Waals surface area contributed by atoms with Gasteiger partial charge in [-0.15, -0.1) is 18.3 Å². The number of rotatable bonds is 7. The van der Waals surface area contributed by atoms with E-state index in [4.69, 9.17) is 0 Å². The summed E-state index contributed by atoms with van der Waals surface area (Å²) in [6, 6.07) is 11.2. The molecule has 1 aliphatic rings. The molecule has 0 saturated carbocycles. The van der Waals surface area contributed by atoms with E-state index < -0.39 is 42.1 Å². The van der Waals surface area contributed by atoms with Crippen molar-refractivity contribution < 1.29 is 49.8 Å². The van der Waals surface area contributed by atoms with E-state index in [-0.39, 0.29) is 39.2 Å². The highest BCUT2D eigenvalue weighted by molar-refractivity contribution is 8.15. The monoisotopic (exact) mass is 682 g/mol. The van der Waals surface area contributed by atoms with Crippen LogP contribution in [0, 0.1) is 12.7 Å². The van der Waals surface area contributed by atoms with Crippen LogP contribution in [0.5, 0.6) is 5.75 Å². The second-order valence-electron chi connectivity index (χ2n) is 9.81. The fourth-order valence-electron chi connectivity index (χ4n) is 4.49. The van der Waals surface area contributed by atoms with Gasteiger partial charge in [-0.25, -0.2) is 18.9 Å². The molecule has 0 radical (unpaired) electrons. The summed E-state index contributed by atoms with van der Waals surface area (Å²) < 4.78 is 103. The molecule has 0 aliphatic carbocycles. The van der Waals surface area contributed by atoms with Gasteiger partial charge in [0.25, 0.3) is 0 Å². The predicted molar refractivity (Wildman–Crippen MR) is 157 cm³/mol. The van der Waals surface area contributed by atoms with Gasteiger partial charge in [0.05, 0.1) is 22.8 Å². The number of halogens is 7. The highest BCUT2D eigenvalue weighted by Gasteiger charge is 2.44. The fourth-order valence-corrected chi connectivity index (χ4v) is 5.35. The first-order valence-electron chi connectivity index (χ1n) is 13.3. The lowest BCUT2D eigenvalue weighted by atomic mass is 10.0. The number of thioether (sulfide) groups is 1. The third-order valence-corrected chi connectivity index (χ3v) is 7.42. The molecule has 1 N–H and O–H groups in total. The predicted octanol–water partition coefficient (Wildman–Crippen LogP) is 7.20. The van der Waals surface area contributed by atoms with Gasteiger partial charge in [0.1, 0.15) is 17.9 Å². The zero-order valence-corrected chi connectivity index (χ0v) is 24.9. The number of hydrogen-bond donors (Lipinski definition) is 1. The van der Waals surface area contributed by atoms with E-state index in [9.17, 15) is 35.9 Å². The smallest absolute Gasteiger partial charge is 0.406 e. The molecule has 246 valence electrons. The maximum absolute atomic E-state index is 15.0. The average Bonchev–Trinajstić information content (AvgIpc) is 3.61. The number of nitrogens with one attached hydrogen (secondary N) is 1. The van der Waals surface area contributed by atoms with E-state index in [1.807, 2.05) is 0 Å². The molecule has 1 saturated heterocycles. The number of amides is 3. The maximum Gasteiger partial charge on any atom is 0.573 e. The van der Waals surface area contributed by atoms with Gasteiger partial charge in [0.2, 0.25) is 5.91 Å². The van der Waals surface area contributed by atoms with Gasteiger partial charge in [0, 0.05) is 18.2 Å². The Morgan fingerprint density at radius 1 is 1.04 bits per heavy atom. The summed E-state index contributed by atoms with van der Waals surface area (Å²) in [6.45, 7) is 1.61. The molecule has 1 aromatic heterocycles. The van der Waals surface area contributed by atoms with Crippen molar-refractivity contribution in [1.82, 2.24) is 14.8 Å². The second-order valence-corrected chi connectivity index (χ2v) is 10.8. The molecule has 2 heterocycles. The van der Waals surface area contributed by atoms with Crippen LogP contribution < -0.4 is 15.0 Å². The number of aromatic nitrogens is 3. The van der Waals surface area contributed by atoms with Crippen molar-refractivity contribution in [2.75, 3.05) is 23.1 Å². The van der Waals surface area contributed by atoms with Crippen molar-refractivity contribution >= 4 is 40.2 Å². The Bertz CT molecular complexity index is 1840. The number of amidine groups is 1. The summed E-state index contributed by atoms with van der Waals surface area (Å²) in [5.41, 5.74) is 0.229. The summed E-state index contributed by atoms with van der Waals surface area (Å²) in [6.07, 6.45) is -10.8. The van der Waals surface area contributed by atoms with E-state index >= 15 is 4.39 Å². The number of aliphatic imine (C=N–C) groups is 1. The van der Waals surface area contributed by atoms with E-state index in [1.54, 1.807) is 6.92 Å².